The van der Waals surface area contributed by atoms with Crippen molar-refractivity contribution in [1.82, 2.24) is 10.3 Å². The monoisotopic (exact) mass is 372 g/mol. The number of aromatic amines is 1. The summed E-state index contributed by atoms with van der Waals surface area (Å²) in [6.45, 7) is 2.11. The van der Waals surface area contributed by atoms with E-state index < -0.39 is 0 Å². The molecule has 1 atom stereocenters. The number of halogens is 2. The summed E-state index contributed by atoms with van der Waals surface area (Å²) in [5, 5.41) is 5.31. The van der Waals surface area contributed by atoms with Crippen molar-refractivity contribution in [2.45, 2.75) is 32.2 Å². The number of aromatic nitrogens is 1. The number of carbonyl (C=O) groups excluding carboxylic acids is 1. The molecule has 0 fully saturated rings. The topological polar surface area (TPSA) is 44.9 Å². The molecular formula is C20H18Cl2N2O. The van der Waals surface area contributed by atoms with Gasteiger partial charge in [-0.3, -0.25) is 4.79 Å². The highest BCUT2D eigenvalue weighted by molar-refractivity contribution is 6.36. The normalized spacial score (nSPS) is 16.7. The Kier molecular flexibility index (Phi) is 4.22. The smallest absolute Gasteiger partial charge is 0.253 e. The number of rotatable bonds is 2. The minimum absolute atomic E-state index is 0.0981. The summed E-state index contributed by atoms with van der Waals surface area (Å²) in [4.78, 5) is 16.0. The van der Waals surface area contributed by atoms with Gasteiger partial charge >= 0.3 is 0 Å². The maximum Gasteiger partial charge on any atom is 0.253 e. The zero-order valence-corrected chi connectivity index (χ0v) is 15.3. The Morgan fingerprint density at radius 2 is 2.04 bits per heavy atom. The Labute approximate surface area is 156 Å². The van der Waals surface area contributed by atoms with Crippen LogP contribution in [0.4, 0.5) is 0 Å². The van der Waals surface area contributed by atoms with Crippen LogP contribution in [0, 0.1) is 6.92 Å². The molecule has 1 unspecified atom stereocenters. The van der Waals surface area contributed by atoms with E-state index in [0.717, 1.165) is 19.3 Å². The summed E-state index contributed by atoms with van der Waals surface area (Å²) in [7, 11) is 0. The number of carbonyl (C=O) groups is 1. The molecule has 2 N–H and O–H groups in total. The number of H-pyrrole nitrogens is 1. The highest BCUT2D eigenvalue weighted by atomic mass is 35.5. The number of nitrogens with one attached hydrogen (secondary N) is 2. The first-order chi connectivity index (χ1) is 12.0. The number of benzene rings is 2. The van der Waals surface area contributed by atoms with Crippen molar-refractivity contribution < 1.29 is 4.79 Å². The maximum absolute atomic E-state index is 12.5. The van der Waals surface area contributed by atoms with Crippen molar-refractivity contribution in [2.75, 3.05) is 0 Å². The van der Waals surface area contributed by atoms with E-state index in [9.17, 15) is 4.79 Å². The van der Waals surface area contributed by atoms with Gasteiger partial charge in [-0.1, -0.05) is 34.8 Å². The molecule has 2 aromatic carbocycles. The molecule has 1 amide bonds. The summed E-state index contributed by atoms with van der Waals surface area (Å²) < 4.78 is 0. The molecule has 0 saturated carbocycles. The lowest BCUT2D eigenvalue weighted by atomic mass is 9.91. The first kappa shape index (κ1) is 16.5. The molecule has 1 aliphatic rings. The van der Waals surface area contributed by atoms with Crippen molar-refractivity contribution in [3.63, 3.8) is 0 Å². The predicted octanol–water partition coefficient (Wildman–Crippen LogP) is 5.07. The first-order valence-corrected chi connectivity index (χ1v) is 9.13. The fraction of sp³-hybridized carbons (Fsp3) is 0.250. The first-order valence-electron chi connectivity index (χ1n) is 8.37. The maximum atomic E-state index is 12.5. The molecule has 1 heterocycles. The molecule has 3 nitrogen and oxygen atoms in total. The third-order valence-electron chi connectivity index (χ3n) is 4.85. The van der Waals surface area contributed by atoms with Crippen molar-refractivity contribution in [3.05, 3.63) is 68.8 Å². The summed E-state index contributed by atoms with van der Waals surface area (Å²) in [6.07, 6.45) is 2.68. The third kappa shape index (κ3) is 3.14. The molecular weight excluding hydrogens is 355 g/mol. The van der Waals surface area contributed by atoms with E-state index in [0.29, 0.717) is 15.6 Å². The van der Waals surface area contributed by atoms with Crippen LogP contribution in [0.2, 0.25) is 10.0 Å². The number of hydrogen-bond donors (Lipinski definition) is 2. The van der Waals surface area contributed by atoms with E-state index in [1.54, 1.807) is 18.2 Å². The van der Waals surface area contributed by atoms with Crippen molar-refractivity contribution >= 4 is 40.0 Å². The van der Waals surface area contributed by atoms with E-state index >= 15 is 0 Å². The molecule has 5 heteroatoms. The number of fused-ring (bicyclic) bond motifs is 3. The predicted molar refractivity (Wildman–Crippen MR) is 103 cm³/mol. The van der Waals surface area contributed by atoms with E-state index in [-0.39, 0.29) is 11.9 Å². The van der Waals surface area contributed by atoms with Gasteiger partial charge in [0.05, 0.1) is 10.6 Å². The van der Waals surface area contributed by atoms with Gasteiger partial charge in [-0.25, -0.2) is 0 Å². The van der Waals surface area contributed by atoms with Crippen LogP contribution in [0.3, 0.4) is 0 Å². The zero-order chi connectivity index (χ0) is 17.6. The van der Waals surface area contributed by atoms with E-state index in [4.69, 9.17) is 23.2 Å². The third-order valence-corrected chi connectivity index (χ3v) is 5.40. The quantitative estimate of drug-likeness (QED) is 0.647. The molecule has 0 aliphatic heterocycles. The SMILES string of the molecule is Cc1ccc2[nH]c3c(c2c1)CCC(NC(=O)c1ccc(Cl)cc1Cl)C3. The lowest BCUT2D eigenvalue weighted by molar-refractivity contribution is 0.0933. The van der Waals surface area contributed by atoms with Crippen LogP contribution in [0.1, 0.15) is 33.6 Å². The molecule has 0 bridgehead atoms. The molecule has 1 aliphatic carbocycles. The minimum Gasteiger partial charge on any atom is -0.358 e. The highest BCUT2D eigenvalue weighted by Gasteiger charge is 2.24. The summed E-state index contributed by atoms with van der Waals surface area (Å²) in [6, 6.07) is 11.5. The average Bonchev–Trinajstić information content (AvgIpc) is 2.91. The van der Waals surface area contributed by atoms with E-state index in [2.05, 4.69) is 35.4 Å². The lowest BCUT2D eigenvalue weighted by Crippen LogP contribution is -2.38. The van der Waals surface area contributed by atoms with Gasteiger partial charge in [0, 0.05) is 34.1 Å². The molecule has 0 radical (unpaired) electrons. The Bertz CT molecular complexity index is 977. The summed E-state index contributed by atoms with van der Waals surface area (Å²) in [5.41, 5.74) is 5.50. The zero-order valence-electron chi connectivity index (χ0n) is 13.8. The summed E-state index contributed by atoms with van der Waals surface area (Å²) in [5.74, 6) is -0.151. The van der Waals surface area contributed by atoms with Gasteiger partial charge in [0.15, 0.2) is 0 Å². The molecule has 128 valence electrons. The molecule has 0 saturated heterocycles. The second kappa shape index (κ2) is 6.40. The van der Waals surface area contributed by atoms with Crippen molar-refractivity contribution in [2.24, 2.45) is 0 Å². The van der Waals surface area contributed by atoms with Crippen LogP contribution >= 0.6 is 23.2 Å². The molecule has 25 heavy (non-hydrogen) atoms. The second-order valence-corrected chi connectivity index (χ2v) is 7.51. The minimum atomic E-state index is -0.151. The molecule has 0 spiro atoms. The van der Waals surface area contributed by atoms with Crippen LogP contribution in [-0.4, -0.2) is 16.9 Å². The Morgan fingerprint density at radius 1 is 1.20 bits per heavy atom. The van der Waals surface area contributed by atoms with Crippen molar-refractivity contribution in [3.8, 4) is 0 Å². The number of amides is 1. The van der Waals surface area contributed by atoms with Crippen LogP contribution in [-0.2, 0) is 12.8 Å². The number of hydrogen-bond acceptors (Lipinski definition) is 1. The molecule has 3 aromatic rings. The molecule has 1 aromatic heterocycles. The van der Waals surface area contributed by atoms with Crippen LogP contribution in [0.25, 0.3) is 10.9 Å². The largest absolute Gasteiger partial charge is 0.358 e. The van der Waals surface area contributed by atoms with Gasteiger partial charge in [-0.05, 0) is 55.7 Å². The van der Waals surface area contributed by atoms with Gasteiger partial charge in [0.25, 0.3) is 5.91 Å². The fourth-order valence-electron chi connectivity index (χ4n) is 3.60. The molecule has 4 rings (SSSR count). The lowest BCUT2D eigenvalue weighted by Gasteiger charge is -2.23. The van der Waals surface area contributed by atoms with Gasteiger partial charge in [0.1, 0.15) is 0 Å². The van der Waals surface area contributed by atoms with Crippen LogP contribution in [0.15, 0.2) is 36.4 Å². The van der Waals surface area contributed by atoms with E-state index in [1.165, 1.54) is 27.7 Å². The highest BCUT2D eigenvalue weighted by Crippen LogP contribution is 2.30. The van der Waals surface area contributed by atoms with Gasteiger partial charge < -0.3 is 10.3 Å². The van der Waals surface area contributed by atoms with E-state index in [1.807, 2.05) is 0 Å². The standard InChI is InChI=1S/C20H18Cl2N2O/c1-11-2-7-18-16(8-11)14-6-4-13(10-19(14)24-18)23-20(25)15-5-3-12(21)9-17(15)22/h2-3,5,7-9,13,24H,4,6,10H2,1H3,(H,23,25). The van der Waals surface area contributed by atoms with Gasteiger partial charge in [-0.15, -0.1) is 0 Å². The Morgan fingerprint density at radius 3 is 2.84 bits per heavy atom. The second-order valence-electron chi connectivity index (χ2n) is 6.67. The average molecular weight is 373 g/mol. The fourth-order valence-corrected chi connectivity index (χ4v) is 4.10. The Balaban J connectivity index is 1.54. The summed E-state index contributed by atoms with van der Waals surface area (Å²) >= 11 is 12.0. The van der Waals surface area contributed by atoms with Gasteiger partial charge in [-0.2, -0.15) is 0 Å². The van der Waals surface area contributed by atoms with Crippen molar-refractivity contribution in [1.29, 1.82) is 0 Å². The van der Waals surface area contributed by atoms with Gasteiger partial charge in [0.2, 0.25) is 0 Å². The Hall–Kier alpha value is -1.97. The van der Waals surface area contributed by atoms with Crippen LogP contribution in [0.5, 0.6) is 0 Å². The number of aryl methyl sites for hydroxylation is 2. The van der Waals surface area contributed by atoms with Crippen LogP contribution < -0.4 is 5.32 Å².